The second-order valence-electron chi connectivity index (χ2n) is 4.95. The molecule has 2 N–H and O–H groups in total. The summed E-state index contributed by atoms with van der Waals surface area (Å²) < 4.78 is 0. The van der Waals surface area contributed by atoms with Crippen LogP contribution in [0.5, 0.6) is 0 Å². The van der Waals surface area contributed by atoms with Gasteiger partial charge in [-0.1, -0.05) is 23.7 Å². The van der Waals surface area contributed by atoms with Gasteiger partial charge in [0, 0.05) is 23.7 Å². The SMILES string of the molecule is CC(CCO)NC(c1ccc(Cl)cc1)C1CC1. The van der Waals surface area contributed by atoms with Crippen molar-refractivity contribution < 1.29 is 5.11 Å². The van der Waals surface area contributed by atoms with Gasteiger partial charge in [0.2, 0.25) is 0 Å². The normalized spacial score (nSPS) is 19.0. The van der Waals surface area contributed by atoms with Crippen LogP contribution in [0.25, 0.3) is 0 Å². The van der Waals surface area contributed by atoms with Gasteiger partial charge in [0.05, 0.1) is 0 Å². The molecule has 2 nitrogen and oxygen atoms in total. The second kappa shape index (κ2) is 5.85. The lowest BCUT2D eigenvalue weighted by molar-refractivity contribution is 0.260. The summed E-state index contributed by atoms with van der Waals surface area (Å²) in [7, 11) is 0. The van der Waals surface area contributed by atoms with E-state index in [2.05, 4.69) is 24.4 Å². The average molecular weight is 254 g/mol. The Balaban J connectivity index is 2.04. The third-order valence-electron chi connectivity index (χ3n) is 3.35. The van der Waals surface area contributed by atoms with Crippen LogP contribution in [0.4, 0.5) is 0 Å². The lowest BCUT2D eigenvalue weighted by Gasteiger charge is -2.23. The van der Waals surface area contributed by atoms with Crippen LogP contribution in [-0.2, 0) is 0 Å². The summed E-state index contributed by atoms with van der Waals surface area (Å²) >= 11 is 5.91. The standard InChI is InChI=1S/C14H20ClNO/c1-10(8-9-17)16-14(11-2-3-11)12-4-6-13(15)7-5-12/h4-7,10-11,14,16-17H,2-3,8-9H2,1H3. The molecule has 0 heterocycles. The van der Waals surface area contributed by atoms with Crippen molar-refractivity contribution in [3.8, 4) is 0 Å². The molecule has 0 radical (unpaired) electrons. The van der Waals surface area contributed by atoms with Crippen molar-refractivity contribution in [1.82, 2.24) is 5.32 Å². The van der Waals surface area contributed by atoms with Crippen molar-refractivity contribution in [2.45, 2.75) is 38.3 Å². The highest BCUT2D eigenvalue weighted by Gasteiger charge is 2.32. The van der Waals surface area contributed by atoms with Gasteiger partial charge in [0.15, 0.2) is 0 Å². The maximum absolute atomic E-state index is 8.95. The Bertz CT molecular complexity index is 348. The molecule has 94 valence electrons. The highest BCUT2D eigenvalue weighted by Crippen LogP contribution is 2.41. The van der Waals surface area contributed by atoms with E-state index in [1.165, 1.54) is 18.4 Å². The zero-order valence-corrected chi connectivity index (χ0v) is 11.0. The summed E-state index contributed by atoms with van der Waals surface area (Å²) in [6, 6.07) is 8.86. The smallest absolute Gasteiger partial charge is 0.0445 e. The van der Waals surface area contributed by atoms with Crippen LogP contribution in [0.3, 0.4) is 0 Å². The molecule has 1 aromatic carbocycles. The van der Waals surface area contributed by atoms with E-state index in [0.717, 1.165) is 17.4 Å². The van der Waals surface area contributed by atoms with Gasteiger partial charge < -0.3 is 10.4 Å². The fourth-order valence-electron chi connectivity index (χ4n) is 2.19. The van der Waals surface area contributed by atoms with Gasteiger partial charge in [-0.25, -0.2) is 0 Å². The van der Waals surface area contributed by atoms with Crippen LogP contribution in [0.2, 0.25) is 5.02 Å². The van der Waals surface area contributed by atoms with Crippen LogP contribution in [-0.4, -0.2) is 17.8 Å². The van der Waals surface area contributed by atoms with Crippen molar-refractivity contribution in [1.29, 1.82) is 0 Å². The molecule has 1 saturated carbocycles. The summed E-state index contributed by atoms with van der Waals surface area (Å²) in [6.45, 7) is 2.37. The third kappa shape index (κ3) is 3.70. The van der Waals surface area contributed by atoms with E-state index in [0.29, 0.717) is 12.1 Å². The van der Waals surface area contributed by atoms with Crippen molar-refractivity contribution in [2.24, 2.45) is 5.92 Å². The number of hydrogen-bond acceptors (Lipinski definition) is 2. The van der Waals surface area contributed by atoms with E-state index in [1.54, 1.807) is 0 Å². The Kier molecular flexibility index (Phi) is 4.43. The van der Waals surface area contributed by atoms with Crippen LogP contribution in [0.15, 0.2) is 24.3 Å². The van der Waals surface area contributed by atoms with E-state index in [-0.39, 0.29) is 6.61 Å². The molecule has 1 fully saturated rings. The summed E-state index contributed by atoms with van der Waals surface area (Å²) in [4.78, 5) is 0. The number of rotatable bonds is 6. The van der Waals surface area contributed by atoms with Crippen LogP contribution < -0.4 is 5.32 Å². The molecule has 2 unspecified atom stereocenters. The molecule has 0 aliphatic heterocycles. The monoisotopic (exact) mass is 253 g/mol. The summed E-state index contributed by atoms with van der Waals surface area (Å²) in [5, 5.41) is 13.3. The van der Waals surface area contributed by atoms with Crippen molar-refractivity contribution >= 4 is 11.6 Å². The second-order valence-corrected chi connectivity index (χ2v) is 5.38. The maximum atomic E-state index is 8.95. The van der Waals surface area contributed by atoms with Crippen LogP contribution in [0, 0.1) is 5.92 Å². The predicted octanol–water partition coefficient (Wildman–Crippen LogP) is 3.15. The molecular weight excluding hydrogens is 234 g/mol. The fourth-order valence-corrected chi connectivity index (χ4v) is 2.31. The molecular formula is C14H20ClNO. The first-order valence-corrected chi connectivity index (χ1v) is 6.71. The Morgan fingerprint density at radius 1 is 1.35 bits per heavy atom. The van der Waals surface area contributed by atoms with Gasteiger partial charge in [-0.3, -0.25) is 0 Å². The number of aliphatic hydroxyl groups is 1. The molecule has 1 aliphatic rings. The first-order chi connectivity index (χ1) is 8.20. The highest BCUT2D eigenvalue weighted by molar-refractivity contribution is 6.30. The Morgan fingerprint density at radius 3 is 2.53 bits per heavy atom. The zero-order chi connectivity index (χ0) is 12.3. The summed E-state index contributed by atoms with van der Waals surface area (Å²) in [5.41, 5.74) is 1.31. The average Bonchev–Trinajstić information content (AvgIpc) is 3.12. The first-order valence-electron chi connectivity index (χ1n) is 6.33. The third-order valence-corrected chi connectivity index (χ3v) is 3.60. The van der Waals surface area contributed by atoms with Crippen LogP contribution >= 0.6 is 11.6 Å². The van der Waals surface area contributed by atoms with Crippen molar-refractivity contribution in [3.63, 3.8) is 0 Å². The Hall–Kier alpha value is -0.570. The van der Waals surface area contributed by atoms with Gasteiger partial charge in [0.1, 0.15) is 0 Å². The Labute approximate surface area is 108 Å². The number of halogens is 1. The predicted molar refractivity (Wildman–Crippen MR) is 71.2 cm³/mol. The summed E-state index contributed by atoms with van der Waals surface area (Å²) in [6.07, 6.45) is 3.40. The van der Waals surface area contributed by atoms with Crippen molar-refractivity contribution in [3.05, 3.63) is 34.9 Å². The topological polar surface area (TPSA) is 32.3 Å². The van der Waals surface area contributed by atoms with E-state index in [4.69, 9.17) is 16.7 Å². The number of nitrogens with one attached hydrogen (secondary N) is 1. The van der Waals surface area contributed by atoms with Gasteiger partial charge in [-0.05, 0) is 49.8 Å². The minimum absolute atomic E-state index is 0.242. The van der Waals surface area contributed by atoms with E-state index in [1.807, 2.05) is 12.1 Å². The van der Waals surface area contributed by atoms with E-state index < -0.39 is 0 Å². The van der Waals surface area contributed by atoms with Crippen molar-refractivity contribution in [2.75, 3.05) is 6.61 Å². The lowest BCUT2D eigenvalue weighted by Crippen LogP contribution is -2.32. The van der Waals surface area contributed by atoms with E-state index in [9.17, 15) is 0 Å². The number of aliphatic hydroxyl groups excluding tert-OH is 1. The zero-order valence-electron chi connectivity index (χ0n) is 10.2. The molecule has 1 aliphatic carbocycles. The molecule has 0 saturated heterocycles. The van der Waals surface area contributed by atoms with Gasteiger partial charge in [0.25, 0.3) is 0 Å². The van der Waals surface area contributed by atoms with Gasteiger partial charge in [-0.2, -0.15) is 0 Å². The summed E-state index contributed by atoms with van der Waals surface area (Å²) in [5.74, 6) is 0.748. The molecule has 0 spiro atoms. The quantitative estimate of drug-likeness (QED) is 0.816. The number of hydrogen-bond donors (Lipinski definition) is 2. The van der Waals surface area contributed by atoms with Gasteiger partial charge >= 0.3 is 0 Å². The van der Waals surface area contributed by atoms with E-state index >= 15 is 0 Å². The molecule has 0 bridgehead atoms. The molecule has 3 heteroatoms. The minimum Gasteiger partial charge on any atom is -0.396 e. The number of benzene rings is 1. The first kappa shape index (κ1) is 12.9. The molecule has 0 aromatic heterocycles. The molecule has 0 amide bonds. The van der Waals surface area contributed by atoms with Crippen LogP contribution in [0.1, 0.15) is 37.8 Å². The largest absolute Gasteiger partial charge is 0.396 e. The Morgan fingerprint density at radius 2 is 2.00 bits per heavy atom. The minimum atomic E-state index is 0.242. The molecule has 1 aromatic rings. The highest BCUT2D eigenvalue weighted by atomic mass is 35.5. The molecule has 2 rings (SSSR count). The van der Waals surface area contributed by atoms with Gasteiger partial charge in [-0.15, -0.1) is 0 Å². The fraction of sp³-hybridized carbons (Fsp3) is 0.571. The maximum Gasteiger partial charge on any atom is 0.0445 e. The molecule has 17 heavy (non-hydrogen) atoms. The lowest BCUT2D eigenvalue weighted by atomic mass is 10.0. The molecule has 2 atom stereocenters.